The molecule has 0 aliphatic carbocycles. The predicted molar refractivity (Wildman–Crippen MR) is 155 cm³/mol. The van der Waals surface area contributed by atoms with E-state index in [4.69, 9.17) is 37.3 Å². The van der Waals surface area contributed by atoms with Crippen molar-refractivity contribution < 1.29 is 14.1 Å². The van der Waals surface area contributed by atoms with Crippen LogP contribution in [0.25, 0.3) is 22.3 Å². The maximum Gasteiger partial charge on any atom is 0.323 e. The van der Waals surface area contributed by atoms with Gasteiger partial charge in [0.15, 0.2) is 23.1 Å². The number of anilines is 3. The number of ether oxygens (including phenoxy) is 2. The van der Waals surface area contributed by atoms with E-state index < -0.39 is 0 Å². The quantitative estimate of drug-likeness (QED) is 0.128. The molecule has 0 saturated heterocycles. The molecule has 4 N–H and O–H groups in total. The van der Waals surface area contributed by atoms with Gasteiger partial charge in [0.2, 0.25) is 11.3 Å². The lowest BCUT2D eigenvalue weighted by molar-refractivity contribution is 0.284. The minimum Gasteiger partial charge on any atom is -0.493 e. The SMILES string of the molecule is COc1cc(/C=N\Nc2nc3nonc3nc2Nc2ccc3[nH]c(=O)[nH]c3c2)ccc1OCc1ccc(Cl)cc1Cl. The Morgan fingerprint density at radius 2 is 1.76 bits per heavy atom. The van der Waals surface area contributed by atoms with Crippen LogP contribution in [0.1, 0.15) is 11.1 Å². The van der Waals surface area contributed by atoms with Gasteiger partial charge in [-0.1, -0.05) is 29.3 Å². The first-order valence-corrected chi connectivity index (χ1v) is 12.7. The third-order valence-corrected chi connectivity index (χ3v) is 6.45. The van der Waals surface area contributed by atoms with Gasteiger partial charge in [0, 0.05) is 21.3 Å². The van der Waals surface area contributed by atoms with Gasteiger partial charge in [0.25, 0.3) is 0 Å². The van der Waals surface area contributed by atoms with Crippen LogP contribution < -0.4 is 25.9 Å². The molecule has 0 atom stereocenters. The topological polar surface area (TPSA) is 168 Å². The van der Waals surface area contributed by atoms with Crippen LogP contribution in [0.2, 0.25) is 10.0 Å². The minimum atomic E-state index is -0.300. The number of halogens is 2. The number of hydrogen-bond acceptors (Lipinski definition) is 11. The maximum atomic E-state index is 11.6. The third-order valence-electron chi connectivity index (χ3n) is 5.86. The number of H-pyrrole nitrogens is 2. The Kier molecular flexibility index (Phi) is 7.10. The smallest absolute Gasteiger partial charge is 0.323 e. The van der Waals surface area contributed by atoms with E-state index in [2.05, 4.69) is 46.1 Å². The molecular weight excluding hydrogens is 573 g/mol. The molecular formula is C26H19Cl2N9O4. The Morgan fingerprint density at radius 3 is 2.56 bits per heavy atom. The molecule has 13 nitrogen and oxygen atoms in total. The van der Waals surface area contributed by atoms with Gasteiger partial charge >= 0.3 is 5.69 Å². The average molecular weight is 592 g/mol. The molecule has 6 rings (SSSR count). The molecule has 0 radical (unpaired) electrons. The zero-order valence-corrected chi connectivity index (χ0v) is 22.6. The highest BCUT2D eigenvalue weighted by molar-refractivity contribution is 6.35. The van der Waals surface area contributed by atoms with Crippen molar-refractivity contribution in [3.63, 3.8) is 0 Å². The van der Waals surface area contributed by atoms with Crippen LogP contribution in [-0.4, -0.2) is 43.6 Å². The summed E-state index contributed by atoms with van der Waals surface area (Å²) in [6, 6.07) is 15.9. The molecule has 0 unspecified atom stereocenters. The molecule has 0 aliphatic rings. The van der Waals surface area contributed by atoms with E-state index in [9.17, 15) is 4.79 Å². The minimum absolute atomic E-state index is 0.197. The Balaban J connectivity index is 1.20. The second kappa shape index (κ2) is 11.2. The van der Waals surface area contributed by atoms with Crippen molar-refractivity contribution in [1.82, 2.24) is 30.2 Å². The van der Waals surface area contributed by atoms with Crippen LogP contribution in [-0.2, 0) is 6.61 Å². The number of methoxy groups -OCH3 is 1. The zero-order valence-electron chi connectivity index (χ0n) is 21.1. The van der Waals surface area contributed by atoms with E-state index >= 15 is 0 Å². The fourth-order valence-electron chi connectivity index (χ4n) is 3.90. The molecule has 3 aromatic heterocycles. The Hall–Kier alpha value is -5.14. The number of aromatic nitrogens is 6. The highest BCUT2D eigenvalue weighted by atomic mass is 35.5. The van der Waals surface area contributed by atoms with E-state index in [1.54, 1.807) is 55.8 Å². The van der Waals surface area contributed by atoms with E-state index in [0.717, 1.165) is 11.1 Å². The lowest BCUT2D eigenvalue weighted by Crippen LogP contribution is -2.03. The van der Waals surface area contributed by atoms with Crippen LogP contribution in [0.5, 0.6) is 11.5 Å². The number of hydrazone groups is 1. The van der Waals surface area contributed by atoms with Gasteiger partial charge in [-0.25, -0.2) is 14.4 Å². The Labute approximate surface area is 240 Å². The van der Waals surface area contributed by atoms with Crippen LogP contribution in [0.3, 0.4) is 0 Å². The molecule has 3 heterocycles. The molecule has 0 spiro atoms. The van der Waals surface area contributed by atoms with Gasteiger partial charge in [-0.3, -0.25) is 5.43 Å². The fourth-order valence-corrected chi connectivity index (χ4v) is 4.36. The predicted octanol–water partition coefficient (Wildman–Crippen LogP) is 5.27. The van der Waals surface area contributed by atoms with E-state index in [0.29, 0.717) is 44.1 Å². The van der Waals surface area contributed by atoms with Crippen LogP contribution in [0.15, 0.2) is 69.1 Å². The number of rotatable bonds is 9. The molecule has 3 aromatic carbocycles. The molecule has 206 valence electrons. The van der Waals surface area contributed by atoms with Crippen molar-refractivity contribution in [2.45, 2.75) is 6.61 Å². The fraction of sp³-hybridized carbons (Fsp3) is 0.0769. The van der Waals surface area contributed by atoms with Crippen molar-refractivity contribution >= 4 is 69.1 Å². The van der Waals surface area contributed by atoms with E-state index in [1.807, 2.05) is 12.1 Å². The number of imidazole rings is 1. The number of nitrogens with zero attached hydrogens (tertiary/aromatic N) is 5. The molecule has 6 aromatic rings. The summed E-state index contributed by atoms with van der Waals surface area (Å²) >= 11 is 12.2. The van der Waals surface area contributed by atoms with Gasteiger partial charge < -0.3 is 24.8 Å². The van der Waals surface area contributed by atoms with Crippen molar-refractivity contribution in [2.24, 2.45) is 5.10 Å². The van der Waals surface area contributed by atoms with Crippen LogP contribution in [0, 0.1) is 0 Å². The normalized spacial score (nSPS) is 11.4. The monoisotopic (exact) mass is 591 g/mol. The van der Waals surface area contributed by atoms with Gasteiger partial charge in [-0.15, -0.1) is 0 Å². The zero-order chi connectivity index (χ0) is 28.3. The average Bonchev–Trinajstić information content (AvgIpc) is 3.57. The largest absolute Gasteiger partial charge is 0.493 e. The number of nitrogens with one attached hydrogen (secondary N) is 4. The summed E-state index contributed by atoms with van der Waals surface area (Å²) in [6.45, 7) is 0.238. The summed E-state index contributed by atoms with van der Waals surface area (Å²) in [5.74, 6) is 1.61. The van der Waals surface area contributed by atoms with Crippen LogP contribution >= 0.6 is 23.2 Å². The van der Waals surface area contributed by atoms with Gasteiger partial charge in [-0.2, -0.15) is 10.1 Å². The molecule has 0 aliphatic heterocycles. The standard InChI is InChI=1S/C26H19Cl2N9O4/c1-39-21-8-13(2-7-20(21)40-12-14-3-4-15(27)9-17(14)28)11-29-35-23-22(33-24-25(34-23)37-41-36-24)30-16-5-6-18-19(10-16)32-26(38)31-18/h2-11H,12H2,1H3,(H,30,33,36)(H2,31,32,38)(H,34,35,37)/b29-11-. The van der Waals surface area contributed by atoms with Gasteiger partial charge in [-0.05, 0) is 64.4 Å². The Bertz CT molecular complexity index is 1970. The number of benzene rings is 3. The second-order valence-corrected chi connectivity index (χ2v) is 9.45. The van der Waals surface area contributed by atoms with Crippen LogP contribution in [0.4, 0.5) is 17.3 Å². The first-order valence-electron chi connectivity index (χ1n) is 12.0. The number of aromatic amines is 2. The molecule has 0 saturated carbocycles. The molecule has 0 amide bonds. The van der Waals surface area contributed by atoms with Crippen molar-refractivity contribution in [3.05, 3.63) is 86.3 Å². The lowest BCUT2D eigenvalue weighted by Gasteiger charge is -2.12. The van der Waals surface area contributed by atoms with Gasteiger partial charge in [0.05, 0.1) is 24.4 Å². The Morgan fingerprint density at radius 1 is 0.951 bits per heavy atom. The number of hydrogen-bond donors (Lipinski definition) is 4. The highest BCUT2D eigenvalue weighted by Gasteiger charge is 2.14. The van der Waals surface area contributed by atoms with Crippen molar-refractivity contribution in [1.29, 1.82) is 0 Å². The molecule has 15 heteroatoms. The van der Waals surface area contributed by atoms with E-state index in [-0.39, 0.29) is 29.4 Å². The number of fused-ring (bicyclic) bond motifs is 2. The molecule has 0 fully saturated rings. The second-order valence-electron chi connectivity index (χ2n) is 8.60. The van der Waals surface area contributed by atoms with Crippen molar-refractivity contribution in [2.75, 3.05) is 17.9 Å². The van der Waals surface area contributed by atoms with E-state index in [1.165, 1.54) is 0 Å². The summed E-state index contributed by atoms with van der Waals surface area (Å²) in [7, 11) is 1.55. The highest BCUT2D eigenvalue weighted by Crippen LogP contribution is 2.30. The summed E-state index contributed by atoms with van der Waals surface area (Å²) < 4.78 is 16.2. The van der Waals surface area contributed by atoms with Gasteiger partial charge in [0.1, 0.15) is 6.61 Å². The van der Waals surface area contributed by atoms with Crippen molar-refractivity contribution in [3.8, 4) is 11.5 Å². The molecule has 0 bridgehead atoms. The summed E-state index contributed by atoms with van der Waals surface area (Å²) in [5.41, 5.74) is 6.44. The third kappa shape index (κ3) is 5.76. The maximum absolute atomic E-state index is 11.6. The first kappa shape index (κ1) is 26.1. The summed E-state index contributed by atoms with van der Waals surface area (Å²) in [4.78, 5) is 25.8. The molecule has 41 heavy (non-hydrogen) atoms. The summed E-state index contributed by atoms with van der Waals surface area (Å²) in [5, 5.41) is 16.0. The summed E-state index contributed by atoms with van der Waals surface area (Å²) in [6.07, 6.45) is 1.58. The lowest BCUT2D eigenvalue weighted by atomic mass is 10.2. The first-order chi connectivity index (χ1) is 19.9.